The summed E-state index contributed by atoms with van der Waals surface area (Å²) in [4.78, 5) is 5.04. The summed E-state index contributed by atoms with van der Waals surface area (Å²) in [6.07, 6.45) is 2.57. The number of halogens is 1. The predicted molar refractivity (Wildman–Crippen MR) is 92.5 cm³/mol. The number of nitrogens with zero attached hydrogens (tertiary/aromatic N) is 2. The van der Waals surface area contributed by atoms with Crippen molar-refractivity contribution in [2.24, 2.45) is 0 Å². The first kappa shape index (κ1) is 16.6. The maximum atomic E-state index is 5.94. The van der Waals surface area contributed by atoms with Crippen LogP contribution in [0, 0.1) is 0 Å². The van der Waals surface area contributed by atoms with Gasteiger partial charge in [-0.1, -0.05) is 25.4 Å². The van der Waals surface area contributed by atoms with Gasteiger partial charge in [0.05, 0.1) is 0 Å². The molecule has 1 aromatic carbocycles. The Morgan fingerprint density at radius 3 is 2.33 bits per heavy atom. The Balaban J connectivity index is 1.63. The van der Waals surface area contributed by atoms with Gasteiger partial charge in [-0.2, -0.15) is 0 Å². The van der Waals surface area contributed by atoms with Crippen LogP contribution >= 0.6 is 11.6 Å². The van der Waals surface area contributed by atoms with Crippen molar-refractivity contribution in [3.8, 4) is 0 Å². The molecule has 3 nitrogen and oxygen atoms in total. The fourth-order valence-corrected chi connectivity index (χ4v) is 2.86. The molecule has 0 aromatic heterocycles. The standard InChI is InChI=1S/C17H28ClN3/c1-15(2)19-9-3-4-10-20-11-13-21(14-12-20)17-7-5-16(18)6-8-17/h5-8,15,19H,3-4,9-14H2,1-2H3. The number of rotatable bonds is 7. The lowest BCUT2D eigenvalue weighted by Gasteiger charge is -2.36. The molecule has 0 radical (unpaired) electrons. The van der Waals surface area contributed by atoms with Gasteiger partial charge in [0.15, 0.2) is 0 Å². The van der Waals surface area contributed by atoms with E-state index in [-0.39, 0.29) is 0 Å². The molecule has 1 fully saturated rings. The van der Waals surface area contributed by atoms with Gasteiger partial charge in [-0.25, -0.2) is 0 Å². The summed E-state index contributed by atoms with van der Waals surface area (Å²) in [5.41, 5.74) is 1.29. The van der Waals surface area contributed by atoms with Crippen LogP contribution in [0.4, 0.5) is 5.69 Å². The van der Waals surface area contributed by atoms with E-state index in [0.717, 1.165) is 24.7 Å². The van der Waals surface area contributed by atoms with Gasteiger partial charge in [-0.05, 0) is 50.2 Å². The van der Waals surface area contributed by atoms with Crippen molar-refractivity contribution in [3.63, 3.8) is 0 Å². The Labute approximate surface area is 134 Å². The summed E-state index contributed by atoms with van der Waals surface area (Å²) in [7, 11) is 0. The molecular formula is C17H28ClN3. The third-order valence-corrected chi connectivity index (χ3v) is 4.27. The van der Waals surface area contributed by atoms with Crippen LogP contribution in [-0.4, -0.2) is 50.2 Å². The van der Waals surface area contributed by atoms with E-state index in [9.17, 15) is 0 Å². The van der Waals surface area contributed by atoms with Gasteiger partial charge in [0.1, 0.15) is 0 Å². The largest absolute Gasteiger partial charge is 0.369 e. The Hall–Kier alpha value is -0.770. The summed E-state index contributed by atoms with van der Waals surface area (Å²) in [6, 6.07) is 8.80. The van der Waals surface area contributed by atoms with E-state index < -0.39 is 0 Å². The number of hydrogen-bond acceptors (Lipinski definition) is 3. The molecule has 0 aliphatic carbocycles. The van der Waals surface area contributed by atoms with Crippen LogP contribution in [0.2, 0.25) is 5.02 Å². The minimum absolute atomic E-state index is 0.605. The average molecular weight is 310 g/mol. The van der Waals surface area contributed by atoms with Crippen molar-refractivity contribution in [1.82, 2.24) is 10.2 Å². The second kappa shape index (κ2) is 8.62. The number of unbranched alkanes of at least 4 members (excludes halogenated alkanes) is 1. The van der Waals surface area contributed by atoms with E-state index in [1.54, 1.807) is 0 Å². The number of hydrogen-bond donors (Lipinski definition) is 1. The highest BCUT2D eigenvalue weighted by molar-refractivity contribution is 6.30. The summed E-state index contributed by atoms with van der Waals surface area (Å²) in [5, 5.41) is 4.29. The molecule has 0 bridgehead atoms. The third kappa shape index (κ3) is 5.85. The Morgan fingerprint density at radius 1 is 1.05 bits per heavy atom. The van der Waals surface area contributed by atoms with E-state index in [2.05, 4.69) is 41.1 Å². The monoisotopic (exact) mass is 309 g/mol. The summed E-state index contributed by atoms with van der Waals surface area (Å²) >= 11 is 5.94. The molecule has 4 heteroatoms. The predicted octanol–water partition coefficient (Wildman–Crippen LogP) is 3.24. The van der Waals surface area contributed by atoms with E-state index in [0.29, 0.717) is 6.04 Å². The summed E-state index contributed by atoms with van der Waals surface area (Å²) in [6.45, 7) is 11.3. The molecule has 0 unspecified atom stereocenters. The van der Waals surface area contributed by atoms with Crippen LogP contribution in [-0.2, 0) is 0 Å². The quantitative estimate of drug-likeness (QED) is 0.780. The smallest absolute Gasteiger partial charge is 0.0407 e. The fraction of sp³-hybridized carbons (Fsp3) is 0.647. The molecule has 0 atom stereocenters. The van der Waals surface area contributed by atoms with Gasteiger partial charge in [0.25, 0.3) is 0 Å². The van der Waals surface area contributed by atoms with Gasteiger partial charge in [0, 0.05) is 42.9 Å². The van der Waals surface area contributed by atoms with Crippen LogP contribution in [0.25, 0.3) is 0 Å². The average Bonchev–Trinajstić information content (AvgIpc) is 2.48. The number of piperazine rings is 1. The van der Waals surface area contributed by atoms with Gasteiger partial charge in [-0.3, -0.25) is 4.90 Å². The SMILES string of the molecule is CC(C)NCCCCN1CCN(c2ccc(Cl)cc2)CC1. The zero-order chi connectivity index (χ0) is 15.1. The second-order valence-electron chi connectivity index (χ2n) is 6.12. The molecule has 1 aromatic rings. The van der Waals surface area contributed by atoms with Crippen LogP contribution in [0.15, 0.2) is 24.3 Å². The first-order valence-electron chi connectivity index (χ1n) is 8.11. The zero-order valence-electron chi connectivity index (χ0n) is 13.3. The molecule has 1 aliphatic rings. The lowest BCUT2D eigenvalue weighted by atomic mass is 10.2. The van der Waals surface area contributed by atoms with Crippen molar-refractivity contribution in [2.45, 2.75) is 32.7 Å². The second-order valence-corrected chi connectivity index (χ2v) is 6.56. The number of anilines is 1. The van der Waals surface area contributed by atoms with Crippen LogP contribution < -0.4 is 10.2 Å². The van der Waals surface area contributed by atoms with Crippen molar-refractivity contribution in [1.29, 1.82) is 0 Å². The first-order chi connectivity index (χ1) is 10.1. The molecule has 21 heavy (non-hydrogen) atoms. The van der Waals surface area contributed by atoms with Crippen LogP contribution in [0.1, 0.15) is 26.7 Å². The molecule has 0 spiro atoms. The minimum atomic E-state index is 0.605. The first-order valence-corrected chi connectivity index (χ1v) is 8.49. The third-order valence-electron chi connectivity index (χ3n) is 4.02. The number of nitrogens with one attached hydrogen (secondary N) is 1. The normalized spacial score (nSPS) is 16.7. The molecule has 0 amide bonds. The van der Waals surface area contributed by atoms with Crippen LogP contribution in [0.5, 0.6) is 0 Å². The molecule has 1 heterocycles. The van der Waals surface area contributed by atoms with Crippen molar-refractivity contribution in [3.05, 3.63) is 29.3 Å². The lowest BCUT2D eigenvalue weighted by Crippen LogP contribution is -2.46. The lowest BCUT2D eigenvalue weighted by molar-refractivity contribution is 0.252. The van der Waals surface area contributed by atoms with E-state index in [4.69, 9.17) is 11.6 Å². The maximum Gasteiger partial charge on any atom is 0.0407 e. The fourth-order valence-electron chi connectivity index (χ4n) is 2.73. The van der Waals surface area contributed by atoms with Gasteiger partial charge < -0.3 is 10.2 Å². The van der Waals surface area contributed by atoms with Crippen molar-refractivity contribution in [2.75, 3.05) is 44.2 Å². The zero-order valence-corrected chi connectivity index (χ0v) is 14.1. The minimum Gasteiger partial charge on any atom is -0.369 e. The van der Waals surface area contributed by atoms with E-state index >= 15 is 0 Å². The molecule has 1 saturated heterocycles. The summed E-state index contributed by atoms with van der Waals surface area (Å²) < 4.78 is 0. The van der Waals surface area contributed by atoms with Gasteiger partial charge >= 0.3 is 0 Å². The number of benzene rings is 1. The molecular weight excluding hydrogens is 282 g/mol. The summed E-state index contributed by atoms with van der Waals surface area (Å²) in [5.74, 6) is 0. The highest BCUT2D eigenvalue weighted by Gasteiger charge is 2.16. The highest BCUT2D eigenvalue weighted by Crippen LogP contribution is 2.19. The highest BCUT2D eigenvalue weighted by atomic mass is 35.5. The Morgan fingerprint density at radius 2 is 1.71 bits per heavy atom. The molecule has 2 rings (SSSR count). The van der Waals surface area contributed by atoms with E-state index in [1.165, 1.54) is 38.2 Å². The molecule has 0 saturated carbocycles. The van der Waals surface area contributed by atoms with Gasteiger partial charge in [-0.15, -0.1) is 0 Å². The van der Waals surface area contributed by atoms with Crippen LogP contribution in [0.3, 0.4) is 0 Å². The van der Waals surface area contributed by atoms with Crippen molar-refractivity contribution >= 4 is 17.3 Å². The van der Waals surface area contributed by atoms with E-state index in [1.807, 2.05) is 12.1 Å². The molecule has 1 N–H and O–H groups in total. The van der Waals surface area contributed by atoms with Gasteiger partial charge in [0.2, 0.25) is 0 Å². The molecule has 118 valence electrons. The Bertz CT molecular complexity index is 397. The Kier molecular flexibility index (Phi) is 6.81. The van der Waals surface area contributed by atoms with Crippen molar-refractivity contribution < 1.29 is 0 Å². The topological polar surface area (TPSA) is 18.5 Å². The molecule has 1 aliphatic heterocycles. The maximum absolute atomic E-state index is 5.94.